The second-order valence-corrected chi connectivity index (χ2v) is 3.19. The van der Waals surface area contributed by atoms with Crippen molar-refractivity contribution in [2.45, 2.75) is 25.8 Å². The first-order valence-corrected chi connectivity index (χ1v) is 3.21. The summed E-state index contributed by atoms with van der Waals surface area (Å²) in [5.74, 6) is -0.0532. The Hall–Kier alpha value is -0.990. The molecule has 0 saturated heterocycles. The molecule has 0 aromatic heterocycles. The topological polar surface area (TPSA) is 49.3 Å². The van der Waals surface area contributed by atoms with Gasteiger partial charge in [-0.1, -0.05) is 0 Å². The lowest BCUT2D eigenvalue weighted by Gasteiger charge is -2.28. The molecule has 0 aromatic rings. The highest BCUT2D eigenvalue weighted by molar-refractivity contribution is 5.89. The Labute approximate surface area is 59.7 Å². The number of carbonyl (C=O) groups is 1. The van der Waals surface area contributed by atoms with Gasteiger partial charge in [0.1, 0.15) is 5.76 Å². The van der Waals surface area contributed by atoms with E-state index in [1.807, 2.05) is 13.8 Å². The Kier molecular flexibility index (Phi) is 1.43. The minimum atomic E-state index is -0.296. The molecule has 1 amide bonds. The minimum absolute atomic E-state index is 0.161. The van der Waals surface area contributed by atoms with Crippen LogP contribution < -0.4 is 5.32 Å². The first-order valence-electron chi connectivity index (χ1n) is 3.21. The molecule has 0 aromatic carbocycles. The number of aliphatic hydroxyl groups excluding tert-OH is 1. The molecule has 1 aliphatic heterocycles. The molecule has 3 heteroatoms. The first-order chi connectivity index (χ1) is 4.49. The first kappa shape index (κ1) is 7.12. The van der Waals surface area contributed by atoms with Crippen LogP contribution in [0.2, 0.25) is 0 Å². The second kappa shape index (κ2) is 2.01. The third kappa shape index (κ3) is 1.50. The monoisotopic (exact) mass is 141 g/mol. The van der Waals surface area contributed by atoms with Crippen molar-refractivity contribution in [1.82, 2.24) is 5.32 Å². The van der Waals surface area contributed by atoms with Crippen molar-refractivity contribution in [3.8, 4) is 0 Å². The maximum atomic E-state index is 10.7. The molecule has 10 heavy (non-hydrogen) atoms. The summed E-state index contributed by atoms with van der Waals surface area (Å²) in [7, 11) is 0. The highest BCUT2D eigenvalue weighted by Crippen LogP contribution is 2.17. The largest absolute Gasteiger partial charge is 0.512 e. The van der Waals surface area contributed by atoms with Crippen molar-refractivity contribution >= 4 is 5.91 Å². The summed E-state index contributed by atoms with van der Waals surface area (Å²) >= 11 is 0. The van der Waals surface area contributed by atoms with Gasteiger partial charge in [-0.2, -0.15) is 0 Å². The van der Waals surface area contributed by atoms with Crippen molar-refractivity contribution in [1.29, 1.82) is 0 Å². The average Bonchev–Trinajstić information content (AvgIpc) is 1.54. The molecule has 0 spiro atoms. The molecule has 0 unspecified atom stereocenters. The highest BCUT2D eigenvalue weighted by Gasteiger charge is 2.25. The Balaban J connectivity index is 2.80. The Morgan fingerprint density at radius 1 is 1.70 bits per heavy atom. The molecule has 0 bridgehead atoms. The van der Waals surface area contributed by atoms with E-state index in [0.29, 0.717) is 6.42 Å². The van der Waals surface area contributed by atoms with Crippen molar-refractivity contribution in [2.24, 2.45) is 0 Å². The fourth-order valence-electron chi connectivity index (χ4n) is 1.07. The van der Waals surface area contributed by atoms with Gasteiger partial charge in [0, 0.05) is 18.0 Å². The molecule has 56 valence electrons. The summed E-state index contributed by atoms with van der Waals surface area (Å²) in [6.45, 7) is 3.74. The van der Waals surface area contributed by atoms with Gasteiger partial charge in [-0.25, -0.2) is 0 Å². The molecule has 0 radical (unpaired) electrons. The molecule has 1 heterocycles. The van der Waals surface area contributed by atoms with Crippen LogP contribution in [0.5, 0.6) is 0 Å². The Morgan fingerprint density at radius 2 is 2.30 bits per heavy atom. The van der Waals surface area contributed by atoms with Crippen LogP contribution in [0.25, 0.3) is 0 Å². The summed E-state index contributed by atoms with van der Waals surface area (Å²) in [6, 6.07) is 0. The molecule has 1 aliphatic rings. The van der Waals surface area contributed by atoms with Crippen LogP contribution in [0.4, 0.5) is 0 Å². The number of rotatable bonds is 0. The molecule has 3 nitrogen and oxygen atoms in total. The van der Waals surface area contributed by atoms with E-state index in [2.05, 4.69) is 5.32 Å². The van der Waals surface area contributed by atoms with Crippen molar-refractivity contribution in [2.75, 3.05) is 0 Å². The molecule has 0 aliphatic carbocycles. The molecular weight excluding hydrogens is 130 g/mol. The number of nitrogens with one attached hydrogen (secondary N) is 1. The van der Waals surface area contributed by atoms with Crippen LogP contribution in [0.3, 0.4) is 0 Å². The summed E-state index contributed by atoms with van der Waals surface area (Å²) in [5, 5.41) is 11.7. The molecule has 0 atom stereocenters. The number of carbonyl (C=O) groups excluding carboxylic acids is 1. The van der Waals surface area contributed by atoms with Crippen LogP contribution >= 0.6 is 0 Å². The van der Waals surface area contributed by atoms with Gasteiger partial charge in [-0.3, -0.25) is 4.79 Å². The fraction of sp³-hybridized carbons (Fsp3) is 0.571. The van der Waals surface area contributed by atoms with E-state index in [9.17, 15) is 4.79 Å². The third-order valence-electron chi connectivity index (χ3n) is 1.38. The normalized spacial score (nSPS) is 23.4. The zero-order chi connectivity index (χ0) is 7.78. The Morgan fingerprint density at radius 3 is 2.70 bits per heavy atom. The van der Waals surface area contributed by atoms with E-state index in [4.69, 9.17) is 5.11 Å². The molecule has 0 saturated carbocycles. The SMILES string of the molecule is CC1(C)CC(O)=CC(=O)N1. The zero-order valence-corrected chi connectivity index (χ0v) is 6.14. The van der Waals surface area contributed by atoms with Crippen molar-refractivity contribution in [3.63, 3.8) is 0 Å². The predicted molar refractivity (Wildman–Crippen MR) is 37.6 cm³/mol. The lowest BCUT2D eigenvalue weighted by molar-refractivity contribution is -0.118. The summed E-state index contributed by atoms with van der Waals surface area (Å²) in [6.07, 6.45) is 1.73. The van der Waals surface area contributed by atoms with Crippen LogP contribution in [-0.2, 0) is 4.79 Å². The summed E-state index contributed by atoms with van der Waals surface area (Å²) in [5.41, 5.74) is -0.296. The van der Waals surface area contributed by atoms with Gasteiger partial charge in [0.05, 0.1) is 0 Å². The quantitative estimate of drug-likeness (QED) is 0.522. The van der Waals surface area contributed by atoms with Crippen LogP contribution in [0.15, 0.2) is 11.8 Å². The van der Waals surface area contributed by atoms with Crippen LogP contribution in [-0.4, -0.2) is 16.6 Å². The van der Waals surface area contributed by atoms with Gasteiger partial charge in [0.2, 0.25) is 5.91 Å². The van der Waals surface area contributed by atoms with Crippen LogP contribution in [0, 0.1) is 0 Å². The van der Waals surface area contributed by atoms with Crippen LogP contribution in [0.1, 0.15) is 20.3 Å². The van der Waals surface area contributed by atoms with Gasteiger partial charge in [-0.15, -0.1) is 0 Å². The number of amides is 1. The van der Waals surface area contributed by atoms with Gasteiger partial charge in [-0.05, 0) is 13.8 Å². The predicted octanol–water partition coefficient (Wildman–Crippen LogP) is 0.727. The molecule has 0 fully saturated rings. The van der Waals surface area contributed by atoms with E-state index in [-0.39, 0.29) is 17.2 Å². The second-order valence-electron chi connectivity index (χ2n) is 3.19. The smallest absolute Gasteiger partial charge is 0.247 e. The van der Waals surface area contributed by atoms with Crippen molar-refractivity contribution in [3.05, 3.63) is 11.8 Å². The molecular formula is C7H11NO2. The van der Waals surface area contributed by atoms with Gasteiger partial charge >= 0.3 is 0 Å². The number of hydrogen-bond acceptors (Lipinski definition) is 2. The van der Waals surface area contributed by atoms with Gasteiger partial charge in [0.15, 0.2) is 0 Å². The molecule has 2 N–H and O–H groups in total. The summed E-state index contributed by atoms with van der Waals surface area (Å²) in [4.78, 5) is 10.7. The maximum Gasteiger partial charge on any atom is 0.247 e. The summed E-state index contributed by atoms with van der Waals surface area (Å²) < 4.78 is 0. The van der Waals surface area contributed by atoms with Gasteiger partial charge < -0.3 is 10.4 Å². The van der Waals surface area contributed by atoms with Crippen molar-refractivity contribution < 1.29 is 9.90 Å². The Bertz CT molecular complexity index is 194. The zero-order valence-electron chi connectivity index (χ0n) is 6.14. The van der Waals surface area contributed by atoms with E-state index < -0.39 is 0 Å². The van der Waals surface area contributed by atoms with E-state index >= 15 is 0 Å². The minimum Gasteiger partial charge on any atom is -0.512 e. The average molecular weight is 141 g/mol. The standard InChI is InChI=1S/C7H11NO2/c1-7(2)4-5(9)3-6(10)8-7/h3,9H,4H2,1-2H3,(H,8,10). The van der Waals surface area contributed by atoms with E-state index in [0.717, 1.165) is 0 Å². The number of hydrogen-bond donors (Lipinski definition) is 2. The number of aliphatic hydroxyl groups is 1. The maximum absolute atomic E-state index is 10.7. The van der Waals surface area contributed by atoms with E-state index in [1.165, 1.54) is 6.08 Å². The third-order valence-corrected chi connectivity index (χ3v) is 1.38. The lowest BCUT2D eigenvalue weighted by atomic mass is 9.96. The van der Waals surface area contributed by atoms with E-state index in [1.54, 1.807) is 0 Å². The molecule has 1 rings (SSSR count). The highest BCUT2D eigenvalue weighted by atomic mass is 16.3. The lowest BCUT2D eigenvalue weighted by Crippen LogP contribution is -2.45. The van der Waals surface area contributed by atoms with Gasteiger partial charge in [0.25, 0.3) is 0 Å². The fourth-order valence-corrected chi connectivity index (χ4v) is 1.07.